The van der Waals surface area contributed by atoms with E-state index in [0.29, 0.717) is 18.5 Å². The highest BCUT2D eigenvalue weighted by atomic mass is 32.2. The standard InChI is InChI=1S/C10H21N3OS/c1-4-8(2)13-9(11)12-7-10(5-6-10)15(3)14/h8H,4-7H2,1-3H3,(H3,11,12,13). The third-order valence-corrected chi connectivity index (χ3v) is 4.72. The Labute approximate surface area is 94.2 Å². The van der Waals surface area contributed by atoms with Gasteiger partial charge in [-0.2, -0.15) is 0 Å². The zero-order chi connectivity index (χ0) is 11.5. The Morgan fingerprint density at radius 3 is 2.67 bits per heavy atom. The molecule has 0 heterocycles. The molecule has 0 radical (unpaired) electrons. The minimum Gasteiger partial charge on any atom is -0.370 e. The Morgan fingerprint density at radius 2 is 2.27 bits per heavy atom. The third kappa shape index (κ3) is 3.48. The van der Waals surface area contributed by atoms with Crippen molar-refractivity contribution in [3.8, 4) is 0 Å². The molecular weight excluding hydrogens is 210 g/mol. The van der Waals surface area contributed by atoms with Crippen molar-refractivity contribution in [2.24, 2.45) is 10.7 Å². The second-order valence-corrected chi connectivity index (χ2v) is 6.07. The van der Waals surface area contributed by atoms with E-state index in [9.17, 15) is 4.21 Å². The number of nitrogens with one attached hydrogen (secondary N) is 1. The summed E-state index contributed by atoms with van der Waals surface area (Å²) in [4.78, 5) is 4.26. The van der Waals surface area contributed by atoms with Crippen molar-refractivity contribution in [1.82, 2.24) is 5.32 Å². The minimum absolute atomic E-state index is 0.0677. The summed E-state index contributed by atoms with van der Waals surface area (Å²) in [6, 6.07) is 0.344. The molecule has 1 rings (SSSR count). The van der Waals surface area contributed by atoms with E-state index >= 15 is 0 Å². The van der Waals surface area contributed by atoms with Crippen molar-refractivity contribution in [2.45, 2.75) is 43.9 Å². The van der Waals surface area contributed by atoms with E-state index in [2.05, 4.69) is 24.2 Å². The molecule has 3 N–H and O–H groups in total. The van der Waals surface area contributed by atoms with Gasteiger partial charge in [0.05, 0.1) is 11.3 Å². The molecule has 0 saturated heterocycles. The molecule has 1 fully saturated rings. The van der Waals surface area contributed by atoms with Crippen LogP contribution < -0.4 is 11.1 Å². The second kappa shape index (κ2) is 4.96. The molecule has 0 aromatic rings. The van der Waals surface area contributed by atoms with Gasteiger partial charge in [-0.3, -0.25) is 9.20 Å². The van der Waals surface area contributed by atoms with Crippen molar-refractivity contribution in [3.63, 3.8) is 0 Å². The van der Waals surface area contributed by atoms with Crippen molar-refractivity contribution in [3.05, 3.63) is 0 Å². The molecule has 88 valence electrons. The maximum Gasteiger partial charge on any atom is 0.188 e. The monoisotopic (exact) mass is 231 g/mol. The number of nitrogens with zero attached hydrogens (tertiary/aromatic N) is 1. The van der Waals surface area contributed by atoms with Gasteiger partial charge in [0.2, 0.25) is 0 Å². The van der Waals surface area contributed by atoms with Crippen molar-refractivity contribution in [1.29, 1.82) is 0 Å². The topological polar surface area (TPSA) is 67.5 Å². The Balaban J connectivity index is 2.40. The van der Waals surface area contributed by atoms with Crippen molar-refractivity contribution >= 4 is 16.8 Å². The van der Waals surface area contributed by atoms with Gasteiger partial charge in [-0.25, -0.2) is 0 Å². The van der Waals surface area contributed by atoms with Crippen LogP contribution in [0.1, 0.15) is 33.1 Å². The van der Waals surface area contributed by atoms with E-state index < -0.39 is 10.8 Å². The average molecular weight is 231 g/mol. The van der Waals surface area contributed by atoms with Gasteiger partial charge in [-0.1, -0.05) is 6.92 Å². The van der Waals surface area contributed by atoms with Crippen LogP contribution in [0.25, 0.3) is 0 Å². The zero-order valence-corrected chi connectivity index (χ0v) is 10.6. The Kier molecular flexibility index (Phi) is 4.13. The van der Waals surface area contributed by atoms with Gasteiger partial charge in [0, 0.05) is 23.1 Å². The van der Waals surface area contributed by atoms with E-state index in [0.717, 1.165) is 19.3 Å². The van der Waals surface area contributed by atoms with Gasteiger partial charge in [0.15, 0.2) is 5.96 Å². The molecule has 2 atom stereocenters. The quantitative estimate of drug-likeness (QED) is 0.538. The van der Waals surface area contributed by atoms with E-state index in [-0.39, 0.29) is 4.75 Å². The molecule has 0 spiro atoms. The van der Waals surface area contributed by atoms with Gasteiger partial charge < -0.3 is 11.1 Å². The molecular formula is C10H21N3OS. The van der Waals surface area contributed by atoms with Gasteiger partial charge >= 0.3 is 0 Å². The number of rotatable bonds is 5. The molecule has 1 saturated carbocycles. The smallest absolute Gasteiger partial charge is 0.188 e. The fourth-order valence-corrected chi connectivity index (χ4v) is 2.23. The van der Waals surface area contributed by atoms with E-state index in [4.69, 9.17) is 5.73 Å². The summed E-state index contributed by atoms with van der Waals surface area (Å²) < 4.78 is 11.3. The van der Waals surface area contributed by atoms with Gasteiger partial charge in [0.1, 0.15) is 0 Å². The molecule has 0 amide bonds. The molecule has 1 aliphatic carbocycles. The lowest BCUT2D eigenvalue weighted by Crippen LogP contribution is -2.39. The first-order chi connectivity index (χ1) is 7.00. The van der Waals surface area contributed by atoms with Crippen LogP contribution in [-0.4, -0.2) is 33.8 Å². The van der Waals surface area contributed by atoms with Crippen LogP contribution in [0.3, 0.4) is 0 Å². The molecule has 0 bridgehead atoms. The molecule has 5 heteroatoms. The largest absolute Gasteiger partial charge is 0.370 e. The van der Waals surface area contributed by atoms with E-state index in [1.54, 1.807) is 6.26 Å². The Hall–Kier alpha value is -0.580. The van der Waals surface area contributed by atoms with Crippen LogP contribution >= 0.6 is 0 Å². The normalized spacial score (nSPS) is 23.3. The van der Waals surface area contributed by atoms with Crippen LogP contribution in [0.4, 0.5) is 0 Å². The van der Waals surface area contributed by atoms with Gasteiger partial charge in [0.25, 0.3) is 0 Å². The van der Waals surface area contributed by atoms with E-state index in [1.165, 1.54) is 0 Å². The Bertz CT molecular complexity index is 274. The molecule has 15 heavy (non-hydrogen) atoms. The number of guanidine groups is 1. The lowest BCUT2D eigenvalue weighted by molar-refractivity contribution is 0.635. The van der Waals surface area contributed by atoms with Crippen LogP contribution in [0.5, 0.6) is 0 Å². The van der Waals surface area contributed by atoms with Crippen LogP contribution in [-0.2, 0) is 10.8 Å². The first-order valence-electron chi connectivity index (χ1n) is 5.40. The number of nitrogens with two attached hydrogens (primary N) is 1. The molecule has 4 nitrogen and oxygen atoms in total. The Morgan fingerprint density at radius 1 is 1.67 bits per heavy atom. The highest BCUT2D eigenvalue weighted by Gasteiger charge is 2.46. The van der Waals surface area contributed by atoms with Crippen LogP contribution in [0.15, 0.2) is 4.99 Å². The molecule has 0 aliphatic heterocycles. The van der Waals surface area contributed by atoms with Crippen molar-refractivity contribution < 1.29 is 4.21 Å². The van der Waals surface area contributed by atoms with E-state index in [1.807, 2.05) is 0 Å². The average Bonchev–Trinajstić information content (AvgIpc) is 2.95. The van der Waals surface area contributed by atoms with Gasteiger partial charge in [-0.15, -0.1) is 0 Å². The lowest BCUT2D eigenvalue weighted by atomic mass is 10.3. The summed E-state index contributed by atoms with van der Waals surface area (Å²) in [5.74, 6) is 0.473. The van der Waals surface area contributed by atoms with Crippen LogP contribution in [0.2, 0.25) is 0 Å². The maximum absolute atomic E-state index is 11.4. The number of hydrogen-bond acceptors (Lipinski definition) is 2. The minimum atomic E-state index is -0.786. The summed E-state index contributed by atoms with van der Waals surface area (Å²) >= 11 is 0. The third-order valence-electron chi connectivity index (χ3n) is 2.96. The van der Waals surface area contributed by atoms with Crippen molar-refractivity contribution in [2.75, 3.05) is 12.8 Å². The molecule has 1 aliphatic rings. The summed E-state index contributed by atoms with van der Waals surface area (Å²) in [5, 5.41) is 3.10. The highest BCUT2D eigenvalue weighted by Crippen LogP contribution is 2.41. The first-order valence-corrected chi connectivity index (χ1v) is 6.96. The fourth-order valence-electron chi connectivity index (χ4n) is 1.31. The predicted octanol–water partition coefficient (Wildman–Crippen LogP) is 0.600. The predicted molar refractivity (Wildman–Crippen MR) is 65.4 cm³/mol. The fraction of sp³-hybridized carbons (Fsp3) is 0.900. The molecule has 2 unspecified atom stereocenters. The van der Waals surface area contributed by atoms with Gasteiger partial charge in [-0.05, 0) is 26.2 Å². The summed E-state index contributed by atoms with van der Waals surface area (Å²) in [7, 11) is -0.786. The SMILES string of the molecule is CCC(C)NC(N)=NCC1(S(C)=O)CC1. The number of hydrogen-bond donors (Lipinski definition) is 2. The zero-order valence-electron chi connectivity index (χ0n) is 9.75. The first kappa shape index (κ1) is 12.5. The highest BCUT2D eigenvalue weighted by molar-refractivity contribution is 7.86. The summed E-state index contributed by atoms with van der Waals surface area (Å²) in [6.45, 7) is 4.74. The molecule has 0 aromatic heterocycles. The summed E-state index contributed by atoms with van der Waals surface area (Å²) in [5.41, 5.74) is 5.73. The van der Waals surface area contributed by atoms with Crippen LogP contribution in [0, 0.1) is 0 Å². The number of aliphatic imine (C=N–C) groups is 1. The maximum atomic E-state index is 11.4. The summed E-state index contributed by atoms with van der Waals surface area (Å²) in [6.07, 6.45) is 4.79. The lowest BCUT2D eigenvalue weighted by Gasteiger charge is -2.13. The second-order valence-electron chi connectivity index (χ2n) is 4.29. The molecule has 0 aromatic carbocycles.